The molecule has 0 aliphatic carbocycles. The number of fused-ring (bicyclic) bond motifs is 1. The molecule has 0 bridgehead atoms. The molecular formula is C17H24N6O2. The second-order valence-corrected chi connectivity index (χ2v) is 6.64. The molecule has 0 saturated carbocycles. The van der Waals surface area contributed by atoms with E-state index in [0.717, 1.165) is 0 Å². The first-order valence-electron chi connectivity index (χ1n) is 8.56. The summed E-state index contributed by atoms with van der Waals surface area (Å²) in [5.74, 6) is -0.0186. The van der Waals surface area contributed by atoms with Crippen LogP contribution in [0.15, 0.2) is 18.5 Å². The molecule has 2 aromatic rings. The van der Waals surface area contributed by atoms with Crippen LogP contribution < -0.4 is 5.32 Å². The molecule has 1 aliphatic rings. The highest BCUT2D eigenvalue weighted by molar-refractivity contribution is 6.01. The van der Waals surface area contributed by atoms with E-state index < -0.39 is 0 Å². The molecule has 8 heteroatoms. The van der Waals surface area contributed by atoms with Crippen LogP contribution in [-0.2, 0) is 4.79 Å². The Morgan fingerprint density at radius 2 is 1.96 bits per heavy atom. The summed E-state index contributed by atoms with van der Waals surface area (Å²) >= 11 is 0. The van der Waals surface area contributed by atoms with Crippen LogP contribution in [0.1, 0.15) is 29.9 Å². The van der Waals surface area contributed by atoms with E-state index in [1.165, 1.54) is 0 Å². The minimum atomic E-state index is -0.0440. The molecule has 1 aliphatic heterocycles. The highest BCUT2D eigenvalue weighted by Gasteiger charge is 2.27. The lowest BCUT2D eigenvalue weighted by Crippen LogP contribution is -2.51. The van der Waals surface area contributed by atoms with Crippen molar-refractivity contribution in [2.24, 2.45) is 0 Å². The largest absolute Gasteiger partial charge is 0.353 e. The van der Waals surface area contributed by atoms with Crippen LogP contribution in [-0.4, -0.2) is 75.0 Å². The molecule has 0 unspecified atom stereocenters. The van der Waals surface area contributed by atoms with Crippen molar-refractivity contribution >= 4 is 17.5 Å². The first-order valence-corrected chi connectivity index (χ1v) is 8.56. The Hall–Kier alpha value is -2.48. The Kier molecular flexibility index (Phi) is 4.98. The fraction of sp³-hybridized carbons (Fsp3) is 0.529. The van der Waals surface area contributed by atoms with Crippen LogP contribution in [0.2, 0.25) is 0 Å². The number of aryl methyl sites for hydroxylation is 1. The lowest BCUT2D eigenvalue weighted by atomic mass is 10.2. The van der Waals surface area contributed by atoms with E-state index in [-0.39, 0.29) is 17.9 Å². The maximum Gasteiger partial charge on any atom is 0.259 e. The van der Waals surface area contributed by atoms with Gasteiger partial charge in [-0.15, -0.1) is 0 Å². The second-order valence-electron chi connectivity index (χ2n) is 6.64. The number of rotatable bonds is 4. The van der Waals surface area contributed by atoms with Crippen molar-refractivity contribution in [2.75, 3.05) is 32.7 Å². The van der Waals surface area contributed by atoms with Crippen molar-refractivity contribution in [3.63, 3.8) is 0 Å². The van der Waals surface area contributed by atoms with Gasteiger partial charge in [0.05, 0.1) is 12.2 Å². The van der Waals surface area contributed by atoms with Gasteiger partial charge < -0.3 is 10.2 Å². The standard InChI is InChI=1S/C17H24N6O2/c1-12(2)19-14(24)11-21-7-9-22(10-8-21)17(25)15-13(3)20-23-6-4-5-18-16(15)23/h4-6,12H,7-11H2,1-3H3,(H,19,24). The van der Waals surface area contributed by atoms with Gasteiger partial charge in [0.2, 0.25) is 5.91 Å². The lowest BCUT2D eigenvalue weighted by molar-refractivity contribution is -0.123. The lowest BCUT2D eigenvalue weighted by Gasteiger charge is -2.34. The molecule has 0 aromatic carbocycles. The minimum Gasteiger partial charge on any atom is -0.353 e. The smallest absolute Gasteiger partial charge is 0.259 e. The van der Waals surface area contributed by atoms with E-state index in [2.05, 4.69) is 20.3 Å². The number of amides is 2. The highest BCUT2D eigenvalue weighted by atomic mass is 16.2. The summed E-state index contributed by atoms with van der Waals surface area (Å²) in [6.07, 6.45) is 3.45. The van der Waals surface area contributed by atoms with E-state index in [1.54, 1.807) is 23.0 Å². The molecule has 3 rings (SSSR count). The van der Waals surface area contributed by atoms with Gasteiger partial charge in [0.25, 0.3) is 5.91 Å². The van der Waals surface area contributed by atoms with Gasteiger partial charge in [-0.2, -0.15) is 5.10 Å². The number of aromatic nitrogens is 3. The predicted molar refractivity (Wildman–Crippen MR) is 93.3 cm³/mol. The van der Waals surface area contributed by atoms with Gasteiger partial charge in [0.1, 0.15) is 5.56 Å². The van der Waals surface area contributed by atoms with Crippen LogP contribution in [0.3, 0.4) is 0 Å². The number of nitrogens with one attached hydrogen (secondary N) is 1. The number of hydrogen-bond donors (Lipinski definition) is 1. The fourth-order valence-electron chi connectivity index (χ4n) is 3.08. The number of nitrogens with zero attached hydrogens (tertiary/aromatic N) is 5. The van der Waals surface area contributed by atoms with Crippen molar-refractivity contribution in [3.05, 3.63) is 29.7 Å². The normalized spacial score (nSPS) is 15.8. The van der Waals surface area contributed by atoms with Crippen LogP contribution in [0, 0.1) is 6.92 Å². The van der Waals surface area contributed by atoms with Gasteiger partial charge >= 0.3 is 0 Å². The summed E-state index contributed by atoms with van der Waals surface area (Å²) in [7, 11) is 0. The van der Waals surface area contributed by atoms with Gasteiger partial charge in [0.15, 0.2) is 5.65 Å². The number of hydrogen-bond acceptors (Lipinski definition) is 5. The Labute approximate surface area is 146 Å². The number of carbonyl (C=O) groups is 2. The van der Waals surface area contributed by atoms with E-state index in [0.29, 0.717) is 49.6 Å². The predicted octanol–water partition coefficient (Wildman–Crippen LogP) is 0.320. The van der Waals surface area contributed by atoms with Crippen molar-refractivity contribution in [2.45, 2.75) is 26.8 Å². The van der Waals surface area contributed by atoms with Crippen molar-refractivity contribution < 1.29 is 9.59 Å². The first kappa shape index (κ1) is 17.3. The monoisotopic (exact) mass is 344 g/mol. The summed E-state index contributed by atoms with van der Waals surface area (Å²) in [6.45, 7) is 8.65. The minimum absolute atomic E-state index is 0.0254. The van der Waals surface area contributed by atoms with Gasteiger partial charge in [-0.1, -0.05) is 0 Å². The summed E-state index contributed by atoms with van der Waals surface area (Å²) in [5, 5.41) is 7.25. The summed E-state index contributed by atoms with van der Waals surface area (Å²) in [6, 6.07) is 1.93. The molecule has 0 spiro atoms. The van der Waals surface area contributed by atoms with Crippen molar-refractivity contribution in [3.8, 4) is 0 Å². The molecule has 2 amide bonds. The molecule has 134 valence electrons. The van der Waals surface area contributed by atoms with E-state index in [4.69, 9.17) is 0 Å². The molecule has 2 aromatic heterocycles. The van der Waals surface area contributed by atoms with Crippen LogP contribution >= 0.6 is 0 Å². The van der Waals surface area contributed by atoms with Crippen molar-refractivity contribution in [1.29, 1.82) is 0 Å². The Morgan fingerprint density at radius 1 is 1.24 bits per heavy atom. The molecule has 0 radical (unpaired) electrons. The average Bonchev–Trinajstić information content (AvgIpc) is 2.89. The molecule has 1 N–H and O–H groups in total. The van der Waals surface area contributed by atoms with E-state index in [9.17, 15) is 9.59 Å². The summed E-state index contributed by atoms with van der Waals surface area (Å²) in [5.41, 5.74) is 1.83. The molecule has 1 saturated heterocycles. The Balaban J connectivity index is 1.64. The zero-order valence-electron chi connectivity index (χ0n) is 14.9. The third-order valence-electron chi connectivity index (χ3n) is 4.26. The Morgan fingerprint density at radius 3 is 2.64 bits per heavy atom. The molecule has 25 heavy (non-hydrogen) atoms. The average molecular weight is 344 g/mol. The molecule has 8 nitrogen and oxygen atoms in total. The summed E-state index contributed by atoms with van der Waals surface area (Å²) < 4.78 is 1.63. The highest BCUT2D eigenvalue weighted by Crippen LogP contribution is 2.16. The SMILES string of the molecule is Cc1nn2cccnc2c1C(=O)N1CCN(CC(=O)NC(C)C)CC1. The Bertz CT molecular complexity index is 777. The maximum atomic E-state index is 12.9. The molecule has 3 heterocycles. The maximum absolute atomic E-state index is 12.9. The quantitative estimate of drug-likeness (QED) is 0.864. The fourth-order valence-corrected chi connectivity index (χ4v) is 3.08. The number of carbonyl (C=O) groups excluding carboxylic acids is 2. The van der Waals surface area contributed by atoms with E-state index >= 15 is 0 Å². The zero-order valence-corrected chi connectivity index (χ0v) is 14.9. The topological polar surface area (TPSA) is 82.8 Å². The van der Waals surface area contributed by atoms with Crippen LogP contribution in [0.25, 0.3) is 5.65 Å². The van der Waals surface area contributed by atoms with Gasteiger partial charge in [-0.25, -0.2) is 9.50 Å². The molecular weight excluding hydrogens is 320 g/mol. The van der Waals surface area contributed by atoms with Gasteiger partial charge in [-0.3, -0.25) is 14.5 Å². The second kappa shape index (κ2) is 7.18. The van der Waals surface area contributed by atoms with Crippen LogP contribution in [0.4, 0.5) is 0 Å². The van der Waals surface area contributed by atoms with E-state index in [1.807, 2.05) is 25.7 Å². The zero-order chi connectivity index (χ0) is 18.0. The molecule has 0 atom stereocenters. The van der Waals surface area contributed by atoms with Gasteiger partial charge in [0, 0.05) is 44.6 Å². The van der Waals surface area contributed by atoms with Crippen molar-refractivity contribution in [1.82, 2.24) is 29.7 Å². The third kappa shape index (κ3) is 3.79. The number of piperazine rings is 1. The van der Waals surface area contributed by atoms with Crippen LogP contribution in [0.5, 0.6) is 0 Å². The molecule has 1 fully saturated rings. The van der Waals surface area contributed by atoms with Gasteiger partial charge in [-0.05, 0) is 26.8 Å². The summed E-state index contributed by atoms with van der Waals surface area (Å²) in [4.78, 5) is 32.9. The third-order valence-corrected chi connectivity index (χ3v) is 4.26. The first-order chi connectivity index (χ1) is 12.0.